The van der Waals surface area contributed by atoms with Crippen molar-refractivity contribution in [3.8, 4) is 0 Å². The van der Waals surface area contributed by atoms with Gasteiger partial charge in [-0.2, -0.15) is 5.10 Å². The molecule has 1 amide bonds. The van der Waals surface area contributed by atoms with E-state index in [1.165, 1.54) is 12.0 Å². The number of amides is 1. The van der Waals surface area contributed by atoms with Gasteiger partial charge in [0.05, 0.1) is 6.20 Å². The highest BCUT2D eigenvalue weighted by atomic mass is 16.2. The Labute approximate surface area is 173 Å². The number of nitrogens with one attached hydrogen (secondary N) is 1. The molecule has 2 aliphatic heterocycles. The van der Waals surface area contributed by atoms with E-state index in [9.17, 15) is 4.79 Å². The Morgan fingerprint density at radius 1 is 1.21 bits per heavy atom. The smallest absolute Gasteiger partial charge is 0.244 e. The lowest BCUT2D eigenvalue weighted by Gasteiger charge is -2.36. The summed E-state index contributed by atoms with van der Waals surface area (Å²) in [5.74, 6) is 0.134. The van der Waals surface area contributed by atoms with Crippen LogP contribution in [-0.4, -0.2) is 56.7 Å². The van der Waals surface area contributed by atoms with Crippen LogP contribution in [0.25, 0.3) is 0 Å². The minimum Gasteiger partial charge on any atom is -0.385 e. The number of carbonyl (C=O) groups excluding carboxylic acids is 1. The highest BCUT2D eigenvalue weighted by Gasteiger charge is 2.36. The molecule has 3 heterocycles. The summed E-state index contributed by atoms with van der Waals surface area (Å²) in [7, 11) is 0. The molecule has 1 saturated heterocycles. The van der Waals surface area contributed by atoms with Crippen LogP contribution in [0.4, 0.5) is 5.69 Å². The summed E-state index contributed by atoms with van der Waals surface area (Å²) >= 11 is 0. The quantitative estimate of drug-likeness (QED) is 0.867. The number of nitrogens with zero attached hydrogens (tertiary/aromatic N) is 4. The highest BCUT2D eigenvalue weighted by Crippen LogP contribution is 2.31. The van der Waals surface area contributed by atoms with Crippen molar-refractivity contribution in [1.29, 1.82) is 0 Å². The molecule has 0 aliphatic carbocycles. The first-order valence-electron chi connectivity index (χ1n) is 10.9. The molecule has 1 aromatic carbocycles. The van der Waals surface area contributed by atoms with Crippen molar-refractivity contribution in [2.24, 2.45) is 0 Å². The Balaban J connectivity index is 1.62. The lowest BCUT2D eigenvalue weighted by atomic mass is 10.1. The van der Waals surface area contributed by atoms with Crippen molar-refractivity contribution < 1.29 is 4.79 Å². The van der Waals surface area contributed by atoms with E-state index < -0.39 is 0 Å². The van der Waals surface area contributed by atoms with E-state index in [1.807, 2.05) is 18.0 Å². The van der Waals surface area contributed by atoms with Crippen LogP contribution in [0.1, 0.15) is 44.2 Å². The molecule has 29 heavy (non-hydrogen) atoms. The Hall–Kier alpha value is -2.34. The Morgan fingerprint density at radius 3 is 2.76 bits per heavy atom. The van der Waals surface area contributed by atoms with Crippen LogP contribution < -0.4 is 5.32 Å². The van der Waals surface area contributed by atoms with Gasteiger partial charge in [-0.3, -0.25) is 14.4 Å². The molecule has 1 aromatic heterocycles. The van der Waals surface area contributed by atoms with Crippen molar-refractivity contribution in [3.63, 3.8) is 0 Å². The first kappa shape index (κ1) is 20.0. The summed E-state index contributed by atoms with van der Waals surface area (Å²) in [6.45, 7) is 9.25. The fourth-order valence-electron chi connectivity index (χ4n) is 5.01. The number of hydrogen-bond donors (Lipinski definition) is 1. The van der Waals surface area contributed by atoms with Gasteiger partial charge in [-0.15, -0.1) is 0 Å². The third-order valence-electron chi connectivity index (χ3n) is 6.29. The van der Waals surface area contributed by atoms with Crippen LogP contribution >= 0.6 is 0 Å². The lowest BCUT2D eigenvalue weighted by molar-refractivity contribution is -0.133. The van der Waals surface area contributed by atoms with Crippen LogP contribution in [-0.2, 0) is 17.9 Å². The molecule has 6 nitrogen and oxygen atoms in total. The summed E-state index contributed by atoms with van der Waals surface area (Å²) in [6.07, 6.45) is 7.26. The monoisotopic (exact) mass is 395 g/mol. The van der Waals surface area contributed by atoms with Crippen LogP contribution in [0.5, 0.6) is 0 Å². The van der Waals surface area contributed by atoms with Gasteiger partial charge in [0.25, 0.3) is 0 Å². The average molecular weight is 396 g/mol. The molecular weight excluding hydrogens is 362 g/mol. The number of aromatic nitrogens is 2. The molecule has 2 aliphatic rings. The van der Waals surface area contributed by atoms with Gasteiger partial charge in [0.2, 0.25) is 5.91 Å². The van der Waals surface area contributed by atoms with Gasteiger partial charge in [0.15, 0.2) is 0 Å². The van der Waals surface area contributed by atoms with Gasteiger partial charge < -0.3 is 10.2 Å². The fourth-order valence-corrected chi connectivity index (χ4v) is 5.01. The Bertz CT molecular complexity index is 845. The Morgan fingerprint density at radius 2 is 2.00 bits per heavy atom. The molecule has 156 valence electrons. The van der Waals surface area contributed by atoms with Crippen LogP contribution in [0.15, 0.2) is 36.7 Å². The van der Waals surface area contributed by atoms with E-state index in [1.54, 1.807) is 10.9 Å². The molecule has 1 N–H and O–H groups in total. The van der Waals surface area contributed by atoms with E-state index in [0.717, 1.165) is 37.2 Å². The zero-order chi connectivity index (χ0) is 20.4. The van der Waals surface area contributed by atoms with Gasteiger partial charge in [0, 0.05) is 49.6 Å². The SMILES string of the molecule is Cc1cnn(CC(=O)N2Cc3ccccc3NCC[C@H]3CC[C@@H](C2)N3C(C)C)c1. The van der Waals surface area contributed by atoms with E-state index >= 15 is 0 Å². The van der Waals surface area contributed by atoms with Crippen molar-refractivity contribution in [3.05, 3.63) is 47.8 Å². The molecule has 2 bridgehead atoms. The Kier molecular flexibility index (Phi) is 5.90. The molecule has 0 radical (unpaired) electrons. The largest absolute Gasteiger partial charge is 0.385 e. The summed E-state index contributed by atoms with van der Waals surface area (Å²) < 4.78 is 1.75. The number of hydrogen-bond acceptors (Lipinski definition) is 4. The standard InChI is InChI=1S/C23H33N5O/c1-17(2)28-20-8-9-21(28)15-26(23(29)16-27-13-18(3)12-25-27)14-19-6-4-5-7-22(19)24-11-10-20/h4-7,12-13,17,20-21,24H,8-11,14-16H2,1-3H3/t20-,21+/m1/s1. The van der Waals surface area contributed by atoms with E-state index in [2.05, 4.69) is 53.4 Å². The van der Waals surface area contributed by atoms with E-state index in [4.69, 9.17) is 0 Å². The predicted octanol–water partition coefficient (Wildman–Crippen LogP) is 3.28. The van der Waals surface area contributed by atoms with Crippen LogP contribution in [0.2, 0.25) is 0 Å². The molecule has 0 saturated carbocycles. The zero-order valence-corrected chi connectivity index (χ0v) is 17.8. The maximum atomic E-state index is 13.3. The summed E-state index contributed by atoms with van der Waals surface area (Å²) in [5, 5.41) is 7.96. The van der Waals surface area contributed by atoms with Crippen LogP contribution in [0, 0.1) is 6.92 Å². The maximum absolute atomic E-state index is 13.3. The zero-order valence-electron chi connectivity index (χ0n) is 17.8. The van der Waals surface area contributed by atoms with Crippen molar-refractivity contribution in [1.82, 2.24) is 19.6 Å². The number of anilines is 1. The van der Waals surface area contributed by atoms with Crippen molar-refractivity contribution >= 4 is 11.6 Å². The van der Waals surface area contributed by atoms with E-state index in [0.29, 0.717) is 31.2 Å². The maximum Gasteiger partial charge on any atom is 0.244 e. The molecule has 4 rings (SSSR count). The second-order valence-corrected chi connectivity index (χ2v) is 8.79. The third kappa shape index (κ3) is 4.47. The summed E-state index contributed by atoms with van der Waals surface area (Å²) in [6, 6.07) is 9.89. The van der Waals surface area contributed by atoms with Crippen LogP contribution in [0.3, 0.4) is 0 Å². The van der Waals surface area contributed by atoms with Crippen molar-refractivity contribution in [2.45, 2.75) is 71.2 Å². The molecule has 0 unspecified atom stereocenters. The molecule has 2 atom stereocenters. The minimum atomic E-state index is 0.134. The van der Waals surface area contributed by atoms with Gasteiger partial charge in [0.1, 0.15) is 6.54 Å². The lowest BCUT2D eigenvalue weighted by Crippen LogP contribution is -2.48. The third-order valence-corrected chi connectivity index (χ3v) is 6.29. The second kappa shape index (κ2) is 8.57. The van der Waals surface area contributed by atoms with E-state index in [-0.39, 0.29) is 5.91 Å². The number of fused-ring (bicyclic) bond motifs is 3. The summed E-state index contributed by atoms with van der Waals surface area (Å²) in [4.78, 5) is 18.0. The number of aryl methyl sites for hydroxylation is 1. The van der Waals surface area contributed by atoms with Crippen molar-refractivity contribution in [2.75, 3.05) is 18.4 Å². The normalized spacial score (nSPS) is 22.8. The topological polar surface area (TPSA) is 53.4 Å². The molecule has 2 aromatic rings. The molecular formula is C23H33N5O. The molecule has 6 heteroatoms. The number of para-hydroxylation sites is 1. The second-order valence-electron chi connectivity index (χ2n) is 8.79. The molecule has 0 spiro atoms. The molecule has 1 fully saturated rings. The first-order chi connectivity index (χ1) is 14.0. The number of carbonyl (C=O) groups is 1. The highest BCUT2D eigenvalue weighted by molar-refractivity contribution is 5.76. The number of rotatable bonds is 3. The van der Waals surface area contributed by atoms with Gasteiger partial charge >= 0.3 is 0 Å². The fraction of sp³-hybridized carbons (Fsp3) is 0.565. The van der Waals surface area contributed by atoms with Gasteiger partial charge in [-0.25, -0.2) is 0 Å². The first-order valence-corrected chi connectivity index (χ1v) is 10.9. The average Bonchev–Trinajstić information content (AvgIpc) is 3.26. The summed E-state index contributed by atoms with van der Waals surface area (Å²) in [5.41, 5.74) is 3.41. The van der Waals surface area contributed by atoms with Gasteiger partial charge in [-0.1, -0.05) is 18.2 Å². The minimum absolute atomic E-state index is 0.134. The number of benzene rings is 1. The van der Waals surface area contributed by atoms with Gasteiger partial charge in [-0.05, 0) is 57.2 Å². The predicted molar refractivity (Wildman–Crippen MR) is 116 cm³/mol.